The number of fused-ring (bicyclic) bond motifs is 1. The maximum absolute atomic E-state index is 12.9. The molecule has 0 unspecified atom stereocenters. The van der Waals surface area contributed by atoms with E-state index in [9.17, 15) is 4.79 Å². The third-order valence-electron chi connectivity index (χ3n) is 4.30. The fraction of sp³-hybridized carbons (Fsp3) is 0.190. The summed E-state index contributed by atoms with van der Waals surface area (Å²) in [7, 11) is 0. The largest absolute Gasteiger partial charge is 0.486 e. The van der Waals surface area contributed by atoms with E-state index in [1.165, 1.54) is 0 Å². The van der Waals surface area contributed by atoms with Crippen molar-refractivity contribution in [3.63, 3.8) is 0 Å². The predicted molar refractivity (Wildman–Crippen MR) is 107 cm³/mol. The molecular weight excluding hydrogens is 356 g/mol. The van der Waals surface area contributed by atoms with Crippen molar-refractivity contribution in [3.05, 3.63) is 66.5 Å². The Morgan fingerprint density at radius 2 is 1.86 bits per heavy atom. The number of aromatic nitrogens is 2. The molecule has 0 atom stereocenters. The molecule has 3 aromatic rings. The molecule has 1 amide bonds. The molecule has 0 radical (unpaired) electrons. The van der Waals surface area contributed by atoms with Crippen molar-refractivity contribution in [2.45, 2.75) is 6.92 Å². The van der Waals surface area contributed by atoms with Crippen molar-refractivity contribution in [3.8, 4) is 11.5 Å². The summed E-state index contributed by atoms with van der Waals surface area (Å²) in [5, 5.41) is 3.12. The second-order valence-electron chi connectivity index (χ2n) is 6.13. The standard InChI is InChI=1S/C21H20N4O3/c1-2-25(16-6-4-3-5-7-16)20(26)17-10-11-22-21(24-17)23-15-8-9-18-19(14-15)28-13-12-27-18/h3-11,14H,2,12-13H2,1H3,(H,22,23,24). The second kappa shape index (κ2) is 7.96. The Balaban J connectivity index is 1.55. The van der Waals surface area contributed by atoms with Gasteiger partial charge in [0.05, 0.1) is 0 Å². The van der Waals surface area contributed by atoms with E-state index in [1.54, 1.807) is 17.2 Å². The zero-order valence-electron chi connectivity index (χ0n) is 15.5. The highest BCUT2D eigenvalue weighted by atomic mass is 16.6. The predicted octanol–water partition coefficient (Wildman–Crippen LogP) is 3.66. The molecule has 1 N–H and O–H groups in total. The first-order valence-corrected chi connectivity index (χ1v) is 9.11. The minimum absolute atomic E-state index is 0.179. The number of ether oxygens (including phenoxy) is 2. The molecule has 28 heavy (non-hydrogen) atoms. The van der Waals surface area contributed by atoms with Gasteiger partial charge in [-0.15, -0.1) is 0 Å². The number of carbonyl (C=O) groups excluding carboxylic acids is 1. The number of nitrogens with one attached hydrogen (secondary N) is 1. The lowest BCUT2D eigenvalue weighted by molar-refractivity contribution is 0.0983. The zero-order chi connectivity index (χ0) is 19.3. The van der Waals surface area contributed by atoms with Crippen LogP contribution in [0.15, 0.2) is 60.8 Å². The van der Waals surface area contributed by atoms with E-state index in [0.29, 0.717) is 42.9 Å². The van der Waals surface area contributed by atoms with Crippen LogP contribution in [0.2, 0.25) is 0 Å². The van der Waals surface area contributed by atoms with E-state index in [2.05, 4.69) is 15.3 Å². The number of para-hydroxylation sites is 1. The van der Waals surface area contributed by atoms with E-state index in [1.807, 2.05) is 55.5 Å². The Morgan fingerprint density at radius 3 is 2.64 bits per heavy atom. The van der Waals surface area contributed by atoms with Crippen LogP contribution in [0.25, 0.3) is 0 Å². The fourth-order valence-corrected chi connectivity index (χ4v) is 2.98. The van der Waals surface area contributed by atoms with E-state index in [-0.39, 0.29) is 5.91 Å². The Labute approximate surface area is 163 Å². The summed E-state index contributed by atoms with van der Waals surface area (Å²) >= 11 is 0. The minimum Gasteiger partial charge on any atom is -0.486 e. The molecule has 2 heterocycles. The van der Waals surface area contributed by atoms with Gasteiger partial charge in [0.1, 0.15) is 18.9 Å². The van der Waals surface area contributed by atoms with Crippen LogP contribution < -0.4 is 19.7 Å². The van der Waals surface area contributed by atoms with Crippen molar-refractivity contribution in [2.75, 3.05) is 30.0 Å². The molecule has 0 bridgehead atoms. The van der Waals surface area contributed by atoms with Crippen LogP contribution in [-0.2, 0) is 0 Å². The fourth-order valence-electron chi connectivity index (χ4n) is 2.98. The highest BCUT2D eigenvalue weighted by molar-refractivity contribution is 6.04. The number of hydrogen-bond acceptors (Lipinski definition) is 6. The first kappa shape index (κ1) is 17.8. The van der Waals surface area contributed by atoms with E-state index < -0.39 is 0 Å². The SMILES string of the molecule is CCN(C(=O)c1ccnc(Nc2ccc3c(c2)OCCO3)n1)c1ccccc1. The van der Waals surface area contributed by atoms with Gasteiger partial charge in [-0.05, 0) is 37.3 Å². The zero-order valence-corrected chi connectivity index (χ0v) is 15.5. The third kappa shape index (κ3) is 3.73. The summed E-state index contributed by atoms with van der Waals surface area (Å²) in [5.41, 5.74) is 1.90. The number of carbonyl (C=O) groups is 1. The molecule has 0 saturated carbocycles. The van der Waals surface area contributed by atoms with Crippen molar-refractivity contribution in [2.24, 2.45) is 0 Å². The molecule has 7 heteroatoms. The van der Waals surface area contributed by atoms with Crippen molar-refractivity contribution in [1.82, 2.24) is 9.97 Å². The van der Waals surface area contributed by atoms with Gasteiger partial charge in [-0.1, -0.05) is 18.2 Å². The lowest BCUT2D eigenvalue weighted by Gasteiger charge is -2.21. The van der Waals surface area contributed by atoms with Crippen LogP contribution in [0, 0.1) is 0 Å². The molecule has 1 aliphatic heterocycles. The van der Waals surface area contributed by atoms with Crippen molar-refractivity contribution < 1.29 is 14.3 Å². The average Bonchev–Trinajstić information content (AvgIpc) is 2.75. The molecule has 142 valence electrons. The Bertz CT molecular complexity index is 978. The van der Waals surface area contributed by atoms with Crippen LogP contribution in [0.5, 0.6) is 11.5 Å². The number of anilines is 3. The number of amides is 1. The van der Waals surface area contributed by atoms with Crippen molar-refractivity contribution in [1.29, 1.82) is 0 Å². The average molecular weight is 376 g/mol. The Morgan fingerprint density at radius 1 is 1.07 bits per heavy atom. The lowest BCUT2D eigenvalue weighted by Crippen LogP contribution is -2.31. The summed E-state index contributed by atoms with van der Waals surface area (Å²) in [4.78, 5) is 23.2. The maximum atomic E-state index is 12.9. The van der Waals surface area contributed by atoms with Gasteiger partial charge in [-0.3, -0.25) is 4.79 Å². The molecule has 0 aliphatic carbocycles. The monoisotopic (exact) mass is 376 g/mol. The minimum atomic E-state index is -0.179. The molecule has 1 aliphatic rings. The van der Waals surface area contributed by atoms with Crippen LogP contribution in [0.3, 0.4) is 0 Å². The van der Waals surface area contributed by atoms with Gasteiger partial charge in [0.25, 0.3) is 5.91 Å². The molecule has 0 saturated heterocycles. The molecule has 1 aromatic heterocycles. The first-order chi connectivity index (χ1) is 13.7. The number of hydrogen-bond donors (Lipinski definition) is 1. The number of benzene rings is 2. The Hall–Kier alpha value is -3.61. The second-order valence-corrected chi connectivity index (χ2v) is 6.13. The normalized spacial score (nSPS) is 12.3. The van der Waals surface area contributed by atoms with E-state index >= 15 is 0 Å². The number of rotatable bonds is 5. The third-order valence-corrected chi connectivity index (χ3v) is 4.30. The Kier molecular flexibility index (Phi) is 5.05. The quantitative estimate of drug-likeness (QED) is 0.732. The van der Waals surface area contributed by atoms with Crippen LogP contribution in [0.1, 0.15) is 17.4 Å². The van der Waals surface area contributed by atoms with Gasteiger partial charge in [0.2, 0.25) is 5.95 Å². The highest BCUT2D eigenvalue weighted by Crippen LogP contribution is 2.33. The first-order valence-electron chi connectivity index (χ1n) is 9.11. The molecule has 0 fully saturated rings. The van der Waals surface area contributed by atoms with Crippen molar-refractivity contribution >= 4 is 23.2 Å². The molecule has 4 rings (SSSR count). The summed E-state index contributed by atoms with van der Waals surface area (Å²) in [6, 6.07) is 16.7. The molecule has 2 aromatic carbocycles. The summed E-state index contributed by atoms with van der Waals surface area (Å²) in [6.07, 6.45) is 1.57. The van der Waals surface area contributed by atoms with Gasteiger partial charge >= 0.3 is 0 Å². The van der Waals surface area contributed by atoms with Gasteiger partial charge < -0.3 is 19.7 Å². The smallest absolute Gasteiger partial charge is 0.277 e. The van der Waals surface area contributed by atoms with Crippen LogP contribution in [0.4, 0.5) is 17.3 Å². The summed E-state index contributed by atoms with van der Waals surface area (Å²) in [5.74, 6) is 1.54. The van der Waals surface area contributed by atoms with Gasteiger partial charge in [-0.2, -0.15) is 0 Å². The molecule has 0 spiro atoms. The lowest BCUT2D eigenvalue weighted by atomic mass is 10.2. The summed E-state index contributed by atoms with van der Waals surface area (Å²) in [6.45, 7) is 3.53. The van der Waals surface area contributed by atoms with Crippen LogP contribution >= 0.6 is 0 Å². The van der Waals surface area contributed by atoms with E-state index in [4.69, 9.17) is 9.47 Å². The molecule has 7 nitrogen and oxygen atoms in total. The molecular formula is C21H20N4O3. The number of nitrogens with zero attached hydrogens (tertiary/aromatic N) is 3. The summed E-state index contributed by atoms with van der Waals surface area (Å²) < 4.78 is 11.1. The van der Waals surface area contributed by atoms with E-state index in [0.717, 1.165) is 11.4 Å². The highest BCUT2D eigenvalue weighted by Gasteiger charge is 2.18. The van der Waals surface area contributed by atoms with Gasteiger partial charge in [0.15, 0.2) is 11.5 Å². The van der Waals surface area contributed by atoms with Gasteiger partial charge in [0, 0.05) is 30.2 Å². The topological polar surface area (TPSA) is 76.6 Å². The van der Waals surface area contributed by atoms with Gasteiger partial charge in [-0.25, -0.2) is 9.97 Å². The van der Waals surface area contributed by atoms with Crippen LogP contribution in [-0.4, -0.2) is 35.6 Å². The maximum Gasteiger partial charge on any atom is 0.277 e.